The van der Waals surface area contributed by atoms with Crippen LogP contribution in [0, 0.1) is 6.92 Å². The van der Waals surface area contributed by atoms with E-state index in [1.165, 1.54) is 0 Å². The SMILES string of the molecule is CCN(CC)c1ccc(NC(=O)CNC(=O)C2CCCO2)c(C)c1. The van der Waals surface area contributed by atoms with Crippen LogP contribution in [0.4, 0.5) is 11.4 Å². The Bertz CT molecular complexity index is 579. The van der Waals surface area contributed by atoms with Gasteiger partial charge in [-0.25, -0.2) is 0 Å². The number of carbonyl (C=O) groups is 2. The summed E-state index contributed by atoms with van der Waals surface area (Å²) in [5.41, 5.74) is 2.91. The van der Waals surface area contributed by atoms with Crippen molar-refractivity contribution in [2.24, 2.45) is 0 Å². The minimum absolute atomic E-state index is 0.0457. The van der Waals surface area contributed by atoms with Crippen molar-refractivity contribution in [2.45, 2.75) is 39.7 Å². The van der Waals surface area contributed by atoms with Crippen molar-refractivity contribution in [1.29, 1.82) is 0 Å². The van der Waals surface area contributed by atoms with Crippen LogP contribution in [0.15, 0.2) is 18.2 Å². The molecular weight excluding hydrogens is 306 g/mol. The van der Waals surface area contributed by atoms with E-state index in [9.17, 15) is 9.59 Å². The third kappa shape index (κ3) is 4.71. The number of nitrogens with one attached hydrogen (secondary N) is 2. The van der Waals surface area contributed by atoms with Gasteiger partial charge in [-0.2, -0.15) is 0 Å². The van der Waals surface area contributed by atoms with Crippen molar-refractivity contribution in [1.82, 2.24) is 5.32 Å². The summed E-state index contributed by atoms with van der Waals surface area (Å²) in [4.78, 5) is 26.1. The van der Waals surface area contributed by atoms with Gasteiger partial charge < -0.3 is 20.3 Å². The highest BCUT2D eigenvalue weighted by atomic mass is 16.5. The van der Waals surface area contributed by atoms with Crippen LogP contribution in [0.2, 0.25) is 0 Å². The van der Waals surface area contributed by atoms with Crippen LogP contribution in [0.3, 0.4) is 0 Å². The summed E-state index contributed by atoms with van der Waals surface area (Å²) in [6.45, 7) is 8.65. The lowest BCUT2D eigenvalue weighted by Gasteiger charge is -2.22. The lowest BCUT2D eigenvalue weighted by Crippen LogP contribution is -2.39. The van der Waals surface area contributed by atoms with Crippen molar-refractivity contribution in [2.75, 3.05) is 36.5 Å². The molecule has 0 saturated carbocycles. The van der Waals surface area contributed by atoms with Gasteiger partial charge in [-0.3, -0.25) is 9.59 Å². The van der Waals surface area contributed by atoms with E-state index < -0.39 is 6.10 Å². The van der Waals surface area contributed by atoms with E-state index >= 15 is 0 Å². The first-order valence-corrected chi connectivity index (χ1v) is 8.59. The zero-order valence-corrected chi connectivity index (χ0v) is 14.7. The average Bonchev–Trinajstić information content (AvgIpc) is 3.11. The Morgan fingerprint density at radius 3 is 2.62 bits per heavy atom. The number of hydrogen-bond acceptors (Lipinski definition) is 4. The Labute approximate surface area is 143 Å². The van der Waals surface area contributed by atoms with Gasteiger partial charge in [-0.05, 0) is 57.4 Å². The highest BCUT2D eigenvalue weighted by molar-refractivity contribution is 5.95. The van der Waals surface area contributed by atoms with Gasteiger partial charge in [-0.1, -0.05) is 0 Å². The fraction of sp³-hybridized carbons (Fsp3) is 0.556. The molecule has 0 radical (unpaired) electrons. The topological polar surface area (TPSA) is 70.7 Å². The zero-order chi connectivity index (χ0) is 17.5. The molecule has 2 rings (SSSR count). The lowest BCUT2D eigenvalue weighted by molar-refractivity contribution is -0.131. The third-order valence-electron chi connectivity index (χ3n) is 4.26. The molecule has 2 amide bonds. The van der Waals surface area contributed by atoms with E-state index in [0.29, 0.717) is 6.61 Å². The molecule has 132 valence electrons. The normalized spacial score (nSPS) is 16.7. The van der Waals surface area contributed by atoms with Crippen LogP contribution in [-0.2, 0) is 14.3 Å². The summed E-state index contributed by atoms with van der Waals surface area (Å²) < 4.78 is 5.29. The Balaban J connectivity index is 1.88. The van der Waals surface area contributed by atoms with Crippen molar-refractivity contribution in [3.05, 3.63) is 23.8 Å². The van der Waals surface area contributed by atoms with Crippen LogP contribution in [0.5, 0.6) is 0 Å². The number of amides is 2. The number of hydrogen-bond donors (Lipinski definition) is 2. The molecule has 0 bridgehead atoms. The van der Waals surface area contributed by atoms with Crippen LogP contribution in [0.25, 0.3) is 0 Å². The van der Waals surface area contributed by atoms with Crippen LogP contribution >= 0.6 is 0 Å². The fourth-order valence-electron chi connectivity index (χ4n) is 2.83. The van der Waals surface area contributed by atoms with Gasteiger partial charge in [0.1, 0.15) is 6.10 Å². The number of benzene rings is 1. The van der Waals surface area contributed by atoms with E-state index in [1.807, 2.05) is 19.1 Å². The molecule has 1 atom stereocenters. The Morgan fingerprint density at radius 2 is 2.04 bits per heavy atom. The third-order valence-corrected chi connectivity index (χ3v) is 4.26. The first kappa shape index (κ1) is 18.3. The van der Waals surface area contributed by atoms with Gasteiger partial charge in [0.15, 0.2) is 0 Å². The monoisotopic (exact) mass is 333 g/mol. The van der Waals surface area contributed by atoms with Gasteiger partial charge in [0.2, 0.25) is 11.8 Å². The highest BCUT2D eigenvalue weighted by Gasteiger charge is 2.23. The first-order chi connectivity index (χ1) is 11.5. The second-order valence-corrected chi connectivity index (χ2v) is 5.94. The molecule has 24 heavy (non-hydrogen) atoms. The number of anilines is 2. The van der Waals surface area contributed by atoms with Crippen molar-refractivity contribution in [3.63, 3.8) is 0 Å². The molecule has 1 heterocycles. The minimum Gasteiger partial charge on any atom is -0.372 e. The second kappa shape index (κ2) is 8.68. The van der Waals surface area contributed by atoms with E-state index in [0.717, 1.165) is 42.9 Å². The summed E-state index contributed by atoms with van der Waals surface area (Å²) in [7, 11) is 0. The number of aryl methyl sites for hydroxylation is 1. The molecule has 6 nitrogen and oxygen atoms in total. The Kier molecular flexibility index (Phi) is 6.61. The van der Waals surface area contributed by atoms with E-state index in [-0.39, 0.29) is 18.4 Å². The van der Waals surface area contributed by atoms with E-state index in [1.54, 1.807) is 0 Å². The second-order valence-electron chi connectivity index (χ2n) is 5.94. The molecule has 1 aliphatic rings. The molecule has 0 aliphatic carbocycles. The maximum absolute atomic E-state index is 12.0. The standard InChI is InChI=1S/C18H27N3O3/c1-4-21(5-2)14-8-9-15(13(3)11-14)20-17(22)12-19-18(23)16-7-6-10-24-16/h8-9,11,16H,4-7,10,12H2,1-3H3,(H,19,23)(H,20,22). The van der Waals surface area contributed by atoms with Gasteiger partial charge in [0.25, 0.3) is 0 Å². The highest BCUT2D eigenvalue weighted by Crippen LogP contribution is 2.22. The molecule has 1 fully saturated rings. The molecule has 1 unspecified atom stereocenters. The summed E-state index contributed by atoms with van der Waals surface area (Å²) in [6.07, 6.45) is 1.20. The maximum Gasteiger partial charge on any atom is 0.249 e. The van der Waals surface area contributed by atoms with Crippen LogP contribution in [-0.4, -0.2) is 44.2 Å². The molecule has 1 aromatic carbocycles. The smallest absolute Gasteiger partial charge is 0.249 e. The van der Waals surface area contributed by atoms with Gasteiger partial charge in [0.05, 0.1) is 6.54 Å². The molecule has 0 spiro atoms. The lowest BCUT2D eigenvalue weighted by atomic mass is 10.1. The number of ether oxygens (including phenoxy) is 1. The molecular formula is C18H27N3O3. The van der Waals surface area contributed by atoms with Gasteiger partial charge >= 0.3 is 0 Å². The van der Waals surface area contributed by atoms with Gasteiger partial charge in [-0.15, -0.1) is 0 Å². The minimum atomic E-state index is -0.409. The van der Waals surface area contributed by atoms with Gasteiger partial charge in [0, 0.05) is 31.1 Å². The molecule has 6 heteroatoms. The molecule has 1 saturated heterocycles. The van der Waals surface area contributed by atoms with Crippen LogP contribution < -0.4 is 15.5 Å². The van der Waals surface area contributed by atoms with E-state index in [2.05, 4.69) is 35.4 Å². The maximum atomic E-state index is 12.0. The summed E-state index contributed by atoms with van der Waals surface area (Å²) in [6, 6.07) is 5.97. The molecule has 1 aromatic rings. The van der Waals surface area contributed by atoms with Crippen molar-refractivity contribution >= 4 is 23.2 Å². The zero-order valence-electron chi connectivity index (χ0n) is 14.7. The average molecular weight is 333 g/mol. The predicted octanol–water partition coefficient (Wildman–Crippen LogP) is 2.07. The fourth-order valence-corrected chi connectivity index (χ4v) is 2.83. The molecule has 1 aliphatic heterocycles. The Hall–Kier alpha value is -2.08. The number of rotatable bonds is 7. The van der Waals surface area contributed by atoms with Crippen LogP contribution in [0.1, 0.15) is 32.3 Å². The van der Waals surface area contributed by atoms with Crippen molar-refractivity contribution < 1.29 is 14.3 Å². The summed E-state index contributed by atoms with van der Waals surface area (Å²) in [5.74, 6) is -0.448. The largest absolute Gasteiger partial charge is 0.372 e. The molecule has 2 N–H and O–H groups in total. The predicted molar refractivity (Wildman–Crippen MR) is 95.4 cm³/mol. The molecule has 0 aromatic heterocycles. The summed E-state index contributed by atoms with van der Waals surface area (Å²) >= 11 is 0. The van der Waals surface area contributed by atoms with E-state index in [4.69, 9.17) is 4.74 Å². The quantitative estimate of drug-likeness (QED) is 0.801. The first-order valence-electron chi connectivity index (χ1n) is 8.59. The number of carbonyl (C=O) groups excluding carboxylic acids is 2. The number of nitrogens with zero attached hydrogens (tertiary/aromatic N) is 1. The van der Waals surface area contributed by atoms with Crippen molar-refractivity contribution in [3.8, 4) is 0 Å². The Morgan fingerprint density at radius 1 is 1.29 bits per heavy atom. The summed E-state index contributed by atoms with van der Waals surface area (Å²) in [5, 5.41) is 5.47.